The van der Waals surface area contributed by atoms with Gasteiger partial charge in [-0.05, 0) is 17.7 Å². The number of aromatic nitrogens is 2. The molecular weight excluding hydrogens is 244 g/mol. The lowest BCUT2D eigenvalue weighted by molar-refractivity contribution is -0.642. The summed E-state index contributed by atoms with van der Waals surface area (Å²) in [7, 11) is 1.96. The van der Waals surface area contributed by atoms with E-state index >= 15 is 0 Å². The molecule has 0 saturated carbocycles. The smallest absolute Gasteiger partial charge is 0.233 e. The summed E-state index contributed by atoms with van der Waals surface area (Å²) in [4.78, 5) is 4.65. The highest BCUT2D eigenvalue weighted by Crippen LogP contribution is 2.24. The van der Waals surface area contributed by atoms with Gasteiger partial charge in [-0.15, -0.1) is 0 Å². The third-order valence-corrected chi connectivity index (χ3v) is 3.45. The van der Waals surface area contributed by atoms with Gasteiger partial charge in [0.1, 0.15) is 12.6 Å². The van der Waals surface area contributed by atoms with E-state index in [0.717, 1.165) is 22.3 Å². The molecule has 0 spiro atoms. The lowest BCUT2D eigenvalue weighted by atomic mass is 10.1. The second-order valence-electron chi connectivity index (χ2n) is 4.16. The Hall–Kier alpha value is -1.93. The summed E-state index contributed by atoms with van der Waals surface area (Å²) in [5.74, 6) is 0. The molecular formula is C15H12ClN2+. The molecule has 18 heavy (non-hydrogen) atoms. The third-order valence-electron chi connectivity index (χ3n) is 3.01. The number of para-hydroxylation sites is 2. The predicted molar refractivity (Wildman–Crippen MR) is 73.4 cm³/mol. The van der Waals surface area contributed by atoms with Crippen LogP contribution in [0.4, 0.5) is 0 Å². The molecule has 0 atom stereocenters. The van der Waals surface area contributed by atoms with Crippen molar-refractivity contribution in [1.29, 1.82) is 0 Å². The molecule has 0 unspecified atom stereocenters. The lowest BCUT2D eigenvalue weighted by Crippen LogP contribution is -2.31. The molecule has 1 aromatic heterocycles. The van der Waals surface area contributed by atoms with Crippen molar-refractivity contribution >= 4 is 22.6 Å². The van der Waals surface area contributed by atoms with E-state index in [9.17, 15) is 0 Å². The molecule has 0 amide bonds. The van der Waals surface area contributed by atoms with Crippen molar-refractivity contribution in [3.63, 3.8) is 0 Å². The van der Waals surface area contributed by atoms with Crippen LogP contribution in [0.15, 0.2) is 54.6 Å². The zero-order valence-electron chi connectivity index (χ0n) is 9.97. The molecule has 0 radical (unpaired) electrons. The number of halogens is 1. The Kier molecular flexibility index (Phi) is 2.73. The van der Waals surface area contributed by atoms with Gasteiger partial charge in [-0.2, -0.15) is 4.57 Å². The minimum Gasteiger partial charge on any atom is -0.233 e. The van der Waals surface area contributed by atoms with Crippen LogP contribution in [0.2, 0.25) is 5.15 Å². The summed E-state index contributed by atoms with van der Waals surface area (Å²) in [6.45, 7) is 0. The summed E-state index contributed by atoms with van der Waals surface area (Å²) in [6, 6.07) is 18.0. The van der Waals surface area contributed by atoms with Gasteiger partial charge in [-0.25, -0.2) is 4.98 Å². The molecule has 0 saturated heterocycles. The molecule has 0 aliphatic heterocycles. The number of nitrogens with zero attached hydrogens (tertiary/aromatic N) is 2. The van der Waals surface area contributed by atoms with Gasteiger partial charge in [-0.1, -0.05) is 42.5 Å². The average molecular weight is 256 g/mol. The lowest BCUT2D eigenvalue weighted by Gasteiger charge is -2.04. The summed E-state index contributed by atoms with van der Waals surface area (Å²) < 4.78 is 1.96. The van der Waals surface area contributed by atoms with Gasteiger partial charge in [0.05, 0.1) is 0 Å². The van der Waals surface area contributed by atoms with E-state index in [0.29, 0.717) is 5.15 Å². The Morgan fingerprint density at radius 2 is 1.61 bits per heavy atom. The minimum atomic E-state index is 0.653. The maximum Gasteiger partial charge on any atom is 0.301 e. The number of aryl methyl sites for hydroxylation is 1. The second kappa shape index (κ2) is 4.39. The van der Waals surface area contributed by atoms with Crippen molar-refractivity contribution in [3.05, 3.63) is 59.8 Å². The van der Waals surface area contributed by atoms with E-state index in [1.807, 2.05) is 66.2 Å². The van der Waals surface area contributed by atoms with E-state index in [1.54, 1.807) is 0 Å². The Morgan fingerprint density at radius 3 is 2.39 bits per heavy atom. The summed E-state index contributed by atoms with van der Waals surface area (Å²) >= 11 is 6.41. The van der Waals surface area contributed by atoms with Crippen molar-refractivity contribution < 1.29 is 4.57 Å². The van der Waals surface area contributed by atoms with Crippen LogP contribution >= 0.6 is 11.6 Å². The SMILES string of the molecule is C[n+]1c(Cl)c(-c2ccccc2)nc2ccccc21. The van der Waals surface area contributed by atoms with Gasteiger partial charge >= 0.3 is 5.15 Å². The van der Waals surface area contributed by atoms with E-state index in [2.05, 4.69) is 4.98 Å². The first-order valence-corrected chi connectivity index (χ1v) is 6.15. The number of rotatable bonds is 1. The average Bonchev–Trinajstić information content (AvgIpc) is 2.44. The molecule has 1 heterocycles. The molecule has 3 rings (SSSR count). The zero-order valence-corrected chi connectivity index (χ0v) is 10.7. The second-order valence-corrected chi connectivity index (χ2v) is 4.52. The van der Waals surface area contributed by atoms with Crippen LogP contribution in [0.5, 0.6) is 0 Å². The summed E-state index contributed by atoms with van der Waals surface area (Å²) in [5, 5.41) is 0.653. The first-order valence-electron chi connectivity index (χ1n) is 5.77. The van der Waals surface area contributed by atoms with Gasteiger partial charge in [0, 0.05) is 11.6 Å². The minimum absolute atomic E-state index is 0.653. The molecule has 0 fully saturated rings. The fourth-order valence-corrected chi connectivity index (χ4v) is 2.30. The van der Waals surface area contributed by atoms with Crippen LogP contribution in [0.1, 0.15) is 0 Å². The maximum atomic E-state index is 6.41. The molecule has 0 aliphatic carbocycles. The van der Waals surface area contributed by atoms with Crippen molar-refractivity contribution in [2.75, 3.05) is 0 Å². The Balaban J connectivity index is 2.34. The number of fused-ring (bicyclic) bond motifs is 1. The molecule has 88 valence electrons. The fourth-order valence-electron chi connectivity index (χ4n) is 2.05. The van der Waals surface area contributed by atoms with Crippen LogP contribution in [0.25, 0.3) is 22.3 Å². The highest BCUT2D eigenvalue weighted by Gasteiger charge is 2.18. The molecule has 2 nitrogen and oxygen atoms in total. The third kappa shape index (κ3) is 1.75. The number of hydrogen-bond donors (Lipinski definition) is 0. The van der Waals surface area contributed by atoms with Crippen LogP contribution in [0.3, 0.4) is 0 Å². The first-order chi connectivity index (χ1) is 8.77. The monoisotopic (exact) mass is 255 g/mol. The normalized spacial score (nSPS) is 10.8. The fraction of sp³-hybridized carbons (Fsp3) is 0.0667. The Morgan fingerprint density at radius 1 is 0.944 bits per heavy atom. The van der Waals surface area contributed by atoms with E-state index in [-0.39, 0.29) is 0 Å². The highest BCUT2D eigenvalue weighted by atomic mass is 35.5. The predicted octanol–water partition coefficient (Wildman–Crippen LogP) is 3.38. The van der Waals surface area contributed by atoms with Crippen LogP contribution in [0, 0.1) is 0 Å². The van der Waals surface area contributed by atoms with Gasteiger partial charge in [0.25, 0.3) is 0 Å². The van der Waals surface area contributed by atoms with E-state index in [1.165, 1.54) is 0 Å². The van der Waals surface area contributed by atoms with Crippen molar-refractivity contribution in [1.82, 2.24) is 4.98 Å². The molecule has 3 heteroatoms. The van der Waals surface area contributed by atoms with Crippen LogP contribution in [-0.4, -0.2) is 4.98 Å². The molecule has 2 aromatic carbocycles. The Bertz CT molecular complexity index is 708. The summed E-state index contributed by atoms with van der Waals surface area (Å²) in [6.07, 6.45) is 0. The molecule has 0 N–H and O–H groups in total. The quantitative estimate of drug-likeness (QED) is 0.609. The molecule has 0 bridgehead atoms. The van der Waals surface area contributed by atoms with Gasteiger partial charge < -0.3 is 0 Å². The van der Waals surface area contributed by atoms with E-state index < -0.39 is 0 Å². The summed E-state index contributed by atoms with van der Waals surface area (Å²) in [5.41, 5.74) is 3.83. The zero-order chi connectivity index (χ0) is 12.5. The molecule has 0 aliphatic rings. The number of hydrogen-bond acceptors (Lipinski definition) is 1. The van der Waals surface area contributed by atoms with E-state index in [4.69, 9.17) is 11.6 Å². The van der Waals surface area contributed by atoms with Gasteiger partial charge in [0.2, 0.25) is 5.52 Å². The van der Waals surface area contributed by atoms with Crippen molar-refractivity contribution in [2.45, 2.75) is 0 Å². The van der Waals surface area contributed by atoms with Crippen molar-refractivity contribution in [3.8, 4) is 11.3 Å². The highest BCUT2D eigenvalue weighted by molar-refractivity contribution is 6.31. The van der Waals surface area contributed by atoms with Crippen LogP contribution in [-0.2, 0) is 7.05 Å². The van der Waals surface area contributed by atoms with Crippen LogP contribution < -0.4 is 4.57 Å². The Labute approximate surface area is 110 Å². The van der Waals surface area contributed by atoms with Crippen molar-refractivity contribution in [2.24, 2.45) is 7.05 Å². The van der Waals surface area contributed by atoms with Gasteiger partial charge in [0.15, 0.2) is 5.69 Å². The van der Waals surface area contributed by atoms with Gasteiger partial charge in [-0.3, -0.25) is 0 Å². The standard InChI is InChI=1S/C15H12ClN2/c1-18-13-10-6-5-9-12(13)17-14(15(18)16)11-7-3-2-4-8-11/h2-10H,1H3/q+1. The number of benzene rings is 2. The topological polar surface area (TPSA) is 16.8 Å². The maximum absolute atomic E-state index is 6.41. The molecule has 3 aromatic rings. The first kappa shape index (κ1) is 11.2. The largest absolute Gasteiger partial charge is 0.301 e.